The topological polar surface area (TPSA) is 40.5 Å². The first kappa shape index (κ1) is 13.2. The molecule has 0 aliphatic rings. The quantitative estimate of drug-likeness (QED) is 0.500. The first-order chi connectivity index (χ1) is 6.61. The lowest BCUT2D eigenvalue weighted by Gasteiger charge is -2.23. The average molecular weight is 199 g/mol. The highest BCUT2D eigenvalue weighted by molar-refractivity contribution is 5.87. The minimum absolute atomic E-state index is 0.0862. The van der Waals surface area contributed by atoms with Crippen molar-refractivity contribution in [3.8, 4) is 0 Å². The van der Waals surface area contributed by atoms with Gasteiger partial charge in [-0.05, 0) is 39.7 Å². The van der Waals surface area contributed by atoms with Gasteiger partial charge in [-0.3, -0.25) is 4.79 Å². The van der Waals surface area contributed by atoms with E-state index in [0.29, 0.717) is 0 Å². The van der Waals surface area contributed by atoms with E-state index < -0.39 is 0 Å². The Balaban J connectivity index is 4.05. The van der Waals surface area contributed by atoms with Crippen LogP contribution in [0.15, 0.2) is 11.8 Å². The summed E-state index contributed by atoms with van der Waals surface area (Å²) in [6.07, 6.45) is 3.44. The number of hydrogen-bond donors (Lipinski definition) is 1. The van der Waals surface area contributed by atoms with Crippen LogP contribution in [0, 0.1) is 0 Å². The molecule has 0 radical (unpaired) electrons. The van der Waals surface area contributed by atoms with Crippen LogP contribution in [0.1, 0.15) is 33.6 Å². The van der Waals surface area contributed by atoms with E-state index in [2.05, 4.69) is 11.8 Å². The summed E-state index contributed by atoms with van der Waals surface area (Å²) in [7, 11) is 0. The molecule has 0 amide bonds. The van der Waals surface area contributed by atoms with Gasteiger partial charge in [-0.1, -0.05) is 0 Å². The highest BCUT2D eigenvalue weighted by atomic mass is 16.2. The third kappa shape index (κ3) is 5.75. The van der Waals surface area contributed by atoms with E-state index in [9.17, 15) is 4.79 Å². The molecule has 14 heavy (non-hydrogen) atoms. The van der Waals surface area contributed by atoms with Crippen LogP contribution in [0.2, 0.25) is 0 Å². The van der Waals surface area contributed by atoms with E-state index in [1.165, 1.54) is 0 Å². The number of aliphatic hydroxyl groups is 1. The van der Waals surface area contributed by atoms with Crippen molar-refractivity contribution in [1.29, 1.82) is 0 Å². The lowest BCUT2D eigenvalue weighted by atomic mass is 10.2. The van der Waals surface area contributed by atoms with E-state index in [0.717, 1.165) is 31.6 Å². The Morgan fingerprint density at radius 1 is 1.36 bits per heavy atom. The molecule has 0 bridgehead atoms. The standard InChI is InChI=1S/C11H21NO2/c1-4-12(7-5-6-8-13)10(2)9-11(3)14/h9,13H,4-8H2,1-3H3. The lowest BCUT2D eigenvalue weighted by Crippen LogP contribution is -2.23. The number of nitrogens with zero attached hydrogens (tertiary/aromatic N) is 1. The van der Waals surface area contributed by atoms with Gasteiger partial charge in [0, 0.05) is 25.4 Å². The predicted molar refractivity (Wildman–Crippen MR) is 58.0 cm³/mol. The van der Waals surface area contributed by atoms with Crippen LogP contribution in [0.5, 0.6) is 0 Å². The van der Waals surface area contributed by atoms with Gasteiger partial charge in [0.2, 0.25) is 0 Å². The van der Waals surface area contributed by atoms with Crippen LogP contribution in [-0.4, -0.2) is 35.5 Å². The molecule has 0 aromatic heterocycles. The third-order valence-corrected chi connectivity index (χ3v) is 2.13. The molecular weight excluding hydrogens is 178 g/mol. The number of allylic oxidation sites excluding steroid dienone is 2. The fourth-order valence-corrected chi connectivity index (χ4v) is 1.38. The normalized spacial score (nSPS) is 11.6. The fraction of sp³-hybridized carbons (Fsp3) is 0.727. The molecular formula is C11H21NO2. The average Bonchev–Trinajstić information content (AvgIpc) is 2.11. The number of aliphatic hydroxyl groups excluding tert-OH is 1. The van der Waals surface area contributed by atoms with Gasteiger partial charge in [0.15, 0.2) is 5.78 Å². The highest BCUT2D eigenvalue weighted by Crippen LogP contribution is 2.05. The monoisotopic (exact) mass is 199 g/mol. The zero-order valence-corrected chi connectivity index (χ0v) is 9.42. The van der Waals surface area contributed by atoms with Gasteiger partial charge in [-0.2, -0.15) is 0 Å². The summed E-state index contributed by atoms with van der Waals surface area (Å²) in [4.78, 5) is 13.0. The Kier molecular flexibility index (Phi) is 7.11. The van der Waals surface area contributed by atoms with Crippen molar-refractivity contribution in [2.45, 2.75) is 33.6 Å². The number of rotatable bonds is 7. The molecule has 0 fully saturated rings. The van der Waals surface area contributed by atoms with Crippen LogP contribution in [0.3, 0.4) is 0 Å². The minimum Gasteiger partial charge on any atom is -0.396 e. The predicted octanol–water partition coefficient (Wildman–Crippen LogP) is 1.57. The molecule has 82 valence electrons. The number of carbonyl (C=O) groups is 1. The zero-order valence-electron chi connectivity index (χ0n) is 9.42. The Hall–Kier alpha value is -0.830. The maximum atomic E-state index is 10.9. The van der Waals surface area contributed by atoms with E-state index in [4.69, 9.17) is 5.11 Å². The third-order valence-electron chi connectivity index (χ3n) is 2.13. The highest BCUT2D eigenvalue weighted by Gasteiger charge is 2.02. The smallest absolute Gasteiger partial charge is 0.154 e. The maximum absolute atomic E-state index is 10.9. The molecule has 0 atom stereocenters. The molecule has 0 unspecified atom stereocenters. The zero-order chi connectivity index (χ0) is 11.0. The van der Waals surface area contributed by atoms with Crippen molar-refractivity contribution in [2.75, 3.05) is 19.7 Å². The Morgan fingerprint density at radius 2 is 2.00 bits per heavy atom. The van der Waals surface area contributed by atoms with Crippen LogP contribution < -0.4 is 0 Å². The van der Waals surface area contributed by atoms with Gasteiger partial charge in [0.1, 0.15) is 0 Å². The van der Waals surface area contributed by atoms with E-state index in [1.54, 1.807) is 13.0 Å². The summed E-state index contributed by atoms with van der Waals surface area (Å²) in [5.41, 5.74) is 1.01. The van der Waals surface area contributed by atoms with Crippen LogP contribution in [-0.2, 0) is 4.79 Å². The van der Waals surface area contributed by atoms with Crippen molar-refractivity contribution in [2.24, 2.45) is 0 Å². The summed E-state index contributed by atoms with van der Waals surface area (Å²) < 4.78 is 0. The molecule has 0 saturated carbocycles. The molecule has 1 N–H and O–H groups in total. The van der Waals surface area contributed by atoms with Crippen molar-refractivity contribution in [1.82, 2.24) is 4.90 Å². The molecule has 3 heteroatoms. The number of hydrogen-bond acceptors (Lipinski definition) is 3. The van der Waals surface area contributed by atoms with Crippen molar-refractivity contribution in [3.05, 3.63) is 11.8 Å². The summed E-state index contributed by atoms with van der Waals surface area (Å²) >= 11 is 0. The van der Waals surface area contributed by atoms with Gasteiger partial charge in [0.05, 0.1) is 0 Å². The van der Waals surface area contributed by atoms with Gasteiger partial charge < -0.3 is 10.0 Å². The number of unbranched alkanes of at least 4 members (excludes halogenated alkanes) is 1. The molecule has 0 aliphatic heterocycles. The number of carbonyl (C=O) groups excluding carboxylic acids is 1. The molecule has 0 spiro atoms. The summed E-state index contributed by atoms with van der Waals surface area (Å²) in [6.45, 7) is 7.63. The Bertz CT molecular complexity index is 199. The van der Waals surface area contributed by atoms with Crippen LogP contribution in [0.4, 0.5) is 0 Å². The van der Waals surface area contributed by atoms with E-state index in [-0.39, 0.29) is 12.4 Å². The Labute approximate surface area is 86.4 Å². The second-order valence-corrected chi connectivity index (χ2v) is 3.41. The van der Waals surface area contributed by atoms with Gasteiger partial charge >= 0.3 is 0 Å². The molecule has 3 nitrogen and oxygen atoms in total. The van der Waals surface area contributed by atoms with Gasteiger partial charge in [0.25, 0.3) is 0 Å². The second-order valence-electron chi connectivity index (χ2n) is 3.41. The van der Waals surface area contributed by atoms with Gasteiger partial charge in [-0.15, -0.1) is 0 Å². The van der Waals surface area contributed by atoms with Crippen molar-refractivity contribution >= 4 is 5.78 Å². The second kappa shape index (κ2) is 7.56. The molecule has 0 saturated heterocycles. The van der Waals surface area contributed by atoms with E-state index in [1.807, 2.05) is 6.92 Å². The minimum atomic E-state index is 0.0862. The molecule has 0 rings (SSSR count). The molecule has 0 aliphatic carbocycles. The molecule has 0 aromatic carbocycles. The largest absolute Gasteiger partial charge is 0.396 e. The van der Waals surface area contributed by atoms with Gasteiger partial charge in [-0.25, -0.2) is 0 Å². The lowest BCUT2D eigenvalue weighted by molar-refractivity contribution is -0.112. The SMILES string of the molecule is CCN(CCCCO)C(C)=CC(C)=O. The van der Waals surface area contributed by atoms with Crippen molar-refractivity contribution in [3.63, 3.8) is 0 Å². The first-order valence-electron chi connectivity index (χ1n) is 5.16. The Morgan fingerprint density at radius 3 is 2.43 bits per heavy atom. The maximum Gasteiger partial charge on any atom is 0.154 e. The number of ketones is 1. The first-order valence-corrected chi connectivity index (χ1v) is 5.16. The summed E-state index contributed by atoms with van der Waals surface area (Å²) in [5, 5.41) is 8.65. The summed E-state index contributed by atoms with van der Waals surface area (Å²) in [5.74, 6) is 0.0862. The molecule has 0 aromatic rings. The fourth-order valence-electron chi connectivity index (χ4n) is 1.38. The van der Waals surface area contributed by atoms with Crippen LogP contribution in [0.25, 0.3) is 0 Å². The van der Waals surface area contributed by atoms with Crippen molar-refractivity contribution < 1.29 is 9.90 Å². The van der Waals surface area contributed by atoms with Crippen LogP contribution >= 0.6 is 0 Å². The van der Waals surface area contributed by atoms with E-state index >= 15 is 0 Å². The summed E-state index contributed by atoms with van der Waals surface area (Å²) in [6, 6.07) is 0. The molecule has 0 heterocycles.